The molecule has 1 aliphatic heterocycles. The predicted octanol–water partition coefficient (Wildman–Crippen LogP) is 2.37. The average molecular weight is 252 g/mol. The molecule has 1 aliphatic rings. The molecule has 16 heavy (non-hydrogen) atoms. The highest BCUT2D eigenvalue weighted by molar-refractivity contribution is 7.21. The number of thiophene rings is 1. The normalized spacial score (nSPS) is 15.1. The van der Waals surface area contributed by atoms with Crippen LogP contribution in [0.2, 0.25) is 5.02 Å². The molecule has 1 aromatic heterocycles. The minimum atomic E-state index is -0.316. The molecular formula is C11H6ClNO2S. The molecule has 1 aromatic carbocycles. The Morgan fingerprint density at radius 2 is 2.12 bits per heavy atom. The van der Waals surface area contributed by atoms with Crippen LogP contribution in [0.3, 0.4) is 0 Å². The van der Waals surface area contributed by atoms with E-state index in [9.17, 15) is 9.59 Å². The van der Waals surface area contributed by atoms with Crippen LogP contribution in [0.4, 0.5) is 0 Å². The SMILES string of the molecule is O=C1Cc2c(sc3c(Cl)cccc23)C(=O)N1. The van der Waals surface area contributed by atoms with E-state index in [0.29, 0.717) is 9.90 Å². The highest BCUT2D eigenvalue weighted by atomic mass is 35.5. The number of rotatable bonds is 0. The summed E-state index contributed by atoms with van der Waals surface area (Å²) >= 11 is 7.39. The molecule has 0 radical (unpaired) electrons. The van der Waals surface area contributed by atoms with Crippen LogP contribution in [0.15, 0.2) is 18.2 Å². The Labute approximate surface area is 100 Å². The lowest BCUT2D eigenvalue weighted by Gasteiger charge is -2.10. The van der Waals surface area contributed by atoms with Crippen LogP contribution in [-0.4, -0.2) is 11.8 Å². The van der Waals surface area contributed by atoms with E-state index in [2.05, 4.69) is 5.32 Å². The molecule has 0 saturated carbocycles. The van der Waals surface area contributed by atoms with E-state index in [1.165, 1.54) is 11.3 Å². The van der Waals surface area contributed by atoms with Crippen molar-refractivity contribution in [1.29, 1.82) is 0 Å². The van der Waals surface area contributed by atoms with Crippen LogP contribution in [0.25, 0.3) is 10.1 Å². The molecule has 3 rings (SSSR count). The molecule has 5 heteroatoms. The maximum absolute atomic E-state index is 11.6. The lowest BCUT2D eigenvalue weighted by atomic mass is 10.0. The third-order valence-electron chi connectivity index (χ3n) is 2.57. The second-order valence-corrected chi connectivity index (χ2v) is 5.01. The zero-order chi connectivity index (χ0) is 11.3. The zero-order valence-electron chi connectivity index (χ0n) is 8.04. The number of imide groups is 1. The molecule has 0 unspecified atom stereocenters. The van der Waals surface area contributed by atoms with E-state index in [0.717, 1.165) is 15.6 Å². The van der Waals surface area contributed by atoms with Gasteiger partial charge in [0.1, 0.15) is 0 Å². The molecule has 3 nitrogen and oxygen atoms in total. The number of nitrogens with one attached hydrogen (secondary N) is 1. The topological polar surface area (TPSA) is 46.2 Å². The summed E-state index contributed by atoms with van der Waals surface area (Å²) in [5.41, 5.74) is 0.802. The fraction of sp³-hybridized carbons (Fsp3) is 0.0909. The van der Waals surface area contributed by atoms with Gasteiger partial charge in [-0.1, -0.05) is 23.7 Å². The Hall–Kier alpha value is -1.39. The molecule has 0 aliphatic carbocycles. The van der Waals surface area contributed by atoms with Gasteiger partial charge in [-0.2, -0.15) is 0 Å². The van der Waals surface area contributed by atoms with Crippen molar-refractivity contribution in [2.45, 2.75) is 6.42 Å². The van der Waals surface area contributed by atoms with Gasteiger partial charge in [-0.05, 0) is 17.0 Å². The van der Waals surface area contributed by atoms with Crippen molar-refractivity contribution in [2.75, 3.05) is 0 Å². The highest BCUT2D eigenvalue weighted by Crippen LogP contribution is 2.37. The minimum absolute atomic E-state index is 0.251. The first-order chi connectivity index (χ1) is 7.66. The molecule has 1 N–H and O–H groups in total. The molecule has 80 valence electrons. The number of halogens is 1. The summed E-state index contributed by atoms with van der Waals surface area (Å²) in [6.07, 6.45) is 0.251. The van der Waals surface area contributed by atoms with Crippen molar-refractivity contribution in [2.24, 2.45) is 0 Å². The molecule has 2 aromatic rings. The fourth-order valence-corrected chi connectivity index (χ4v) is 3.29. The molecule has 0 spiro atoms. The summed E-state index contributed by atoms with van der Waals surface area (Å²) in [6.45, 7) is 0. The number of carbonyl (C=O) groups is 2. The van der Waals surface area contributed by atoms with E-state index >= 15 is 0 Å². The Kier molecular flexibility index (Phi) is 2.02. The molecule has 0 fully saturated rings. The fourth-order valence-electron chi connectivity index (χ4n) is 1.88. The van der Waals surface area contributed by atoms with E-state index in [1.807, 2.05) is 12.1 Å². The number of hydrogen-bond acceptors (Lipinski definition) is 3. The largest absolute Gasteiger partial charge is 0.291 e. The molecule has 2 heterocycles. The number of benzene rings is 1. The first-order valence-electron chi connectivity index (χ1n) is 4.71. The van der Waals surface area contributed by atoms with Gasteiger partial charge in [-0.25, -0.2) is 0 Å². The molecule has 0 saturated heterocycles. The van der Waals surface area contributed by atoms with Crippen molar-refractivity contribution < 1.29 is 9.59 Å². The van der Waals surface area contributed by atoms with E-state index in [4.69, 9.17) is 11.6 Å². The minimum Gasteiger partial charge on any atom is -0.291 e. The van der Waals surface area contributed by atoms with Crippen molar-refractivity contribution in [3.63, 3.8) is 0 Å². The highest BCUT2D eigenvalue weighted by Gasteiger charge is 2.27. The Bertz CT molecular complexity index is 632. The van der Waals surface area contributed by atoms with Gasteiger partial charge >= 0.3 is 0 Å². The molecule has 0 bridgehead atoms. The van der Waals surface area contributed by atoms with Crippen LogP contribution in [0.1, 0.15) is 15.2 Å². The zero-order valence-corrected chi connectivity index (χ0v) is 9.61. The van der Waals surface area contributed by atoms with Gasteiger partial charge in [0, 0.05) is 0 Å². The van der Waals surface area contributed by atoms with Gasteiger partial charge in [0.25, 0.3) is 5.91 Å². The van der Waals surface area contributed by atoms with Crippen molar-refractivity contribution >= 4 is 44.8 Å². The van der Waals surface area contributed by atoms with Gasteiger partial charge < -0.3 is 0 Å². The summed E-state index contributed by atoms with van der Waals surface area (Å²) in [5, 5.41) is 3.84. The average Bonchev–Trinajstić information content (AvgIpc) is 2.59. The maximum atomic E-state index is 11.6. The van der Waals surface area contributed by atoms with E-state index < -0.39 is 0 Å². The smallest absolute Gasteiger partial charge is 0.268 e. The second kappa shape index (κ2) is 3.30. The maximum Gasteiger partial charge on any atom is 0.268 e. The summed E-state index contributed by atoms with van der Waals surface area (Å²) in [6, 6.07) is 5.50. The van der Waals surface area contributed by atoms with Crippen molar-refractivity contribution in [1.82, 2.24) is 5.32 Å². The van der Waals surface area contributed by atoms with Crippen LogP contribution in [0.5, 0.6) is 0 Å². The summed E-state index contributed by atoms with van der Waals surface area (Å²) < 4.78 is 0.874. The van der Waals surface area contributed by atoms with Crippen molar-refractivity contribution in [3.05, 3.63) is 33.7 Å². The van der Waals surface area contributed by atoms with Crippen LogP contribution < -0.4 is 5.32 Å². The van der Waals surface area contributed by atoms with Crippen LogP contribution in [0, 0.1) is 0 Å². The number of carbonyl (C=O) groups excluding carboxylic acids is 2. The number of hydrogen-bond donors (Lipinski definition) is 1. The van der Waals surface area contributed by atoms with Gasteiger partial charge in [-0.15, -0.1) is 11.3 Å². The summed E-state index contributed by atoms with van der Waals surface area (Å²) in [7, 11) is 0. The van der Waals surface area contributed by atoms with Gasteiger partial charge in [0.2, 0.25) is 5.91 Å². The Morgan fingerprint density at radius 1 is 1.31 bits per heavy atom. The van der Waals surface area contributed by atoms with Gasteiger partial charge in [0.15, 0.2) is 0 Å². The second-order valence-electron chi connectivity index (χ2n) is 3.58. The molecule has 0 atom stereocenters. The van der Waals surface area contributed by atoms with Crippen LogP contribution >= 0.6 is 22.9 Å². The van der Waals surface area contributed by atoms with Gasteiger partial charge in [-0.3, -0.25) is 14.9 Å². The Balaban J connectivity index is 2.39. The summed E-state index contributed by atoms with van der Waals surface area (Å²) in [4.78, 5) is 23.5. The van der Waals surface area contributed by atoms with E-state index in [1.54, 1.807) is 6.07 Å². The number of fused-ring (bicyclic) bond motifs is 3. The Morgan fingerprint density at radius 3 is 2.94 bits per heavy atom. The third kappa shape index (κ3) is 1.27. The van der Waals surface area contributed by atoms with E-state index in [-0.39, 0.29) is 18.2 Å². The summed E-state index contributed by atoms with van der Waals surface area (Å²) in [5.74, 6) is -0.569. The monoisotopic (exact) mass is 251 g/mol. The first-order valence-corrected chi connectivity index (χ1v) is 5.90. The van der Waals surface area contributed by atoms with Crippen molar-refractivity contribution in [3.8, 4) is 0 Å². The molecule has 2 amide bonds. The lowest BCUT2D eigenvalue weighted by Crippen LogP contribution is -2.36. The standard InChI is InChI=1S/C11H6ClNO2S/c12-7-3-1-2-5-6-4-8(14)13-11(15)10(6)16-9(5)7/h1-3H,4H2,(H,13,14,15). The lowest BCUT2D eigenvalue weighted by molar-refractivity contribution is -0.119. The van der Waals surface area contributed by atoms with Gasteiger partial charge in [0.05, 0.1) is 21.0 Å². The predicted molar refractivity (Wildman–Crippen MR) is 63.0 cm³/mol. The third-order valence-corrected chi connectivity index (χ3v) is 4.27. The first kappa shape index (κ1) is 9.81. The number of amides is 2. The quantitative estimate of drug-likeness (QED) is 0.731. The molecular weight excluding hydrogens is 246 g/mol. The van der Waals surface area contributed by atoms with Crippen LogP contribution in [-0.2, 0) is 11.2 Å².